The highest BCUT2D eigenvalue weighted by Gasteiger charge is 2.26. The highest BCUT2D eigenvalue weighted by atomic mass is 16.5. The van der Waals surface area contributed by atoms with Crippen molar-refractivity contribution in [1.29, 1.82) is 0 Å². The summed E-state index contributed by atoms with van der Waals surface area (Å²) >= 11 is 0. The summed E-state index contributed by atoms with van der Waals surface area (Å²) in [6.45, 7) is 4.03. The molecule has 0 saturated carbocycles. The first-order valence-corrected chi connectivity index (χ1v) is 9.62. The molecule has 0 radical (unpaired) electrons. The van der Waals surface area contributed by atoms with Gasteiger partial charge in [0.2, 0.25) is 0 Å². The summed E-state index contributed by atoms with van der Waals surface area (Å²) in [6, 6.07) is 9.59. The Labute approximate surface area is 172 Å². The third-order valence-corrected chi connectivity index (χ3v) is 4.97. The van der Waals surface area contributed by atoms with E-state index in [9.17, 15) is 9.59 Å². The minimum Gasteiger partial charge on any atom is -0.465 e. The molecule has 0 spiro atoms. The Bertz CT molecular complexity index is 1190. The van der Waals surface area contributed by atoms with Gasteiger partial charge in [-0.05, 0) is 5.56 Å². The third kappa shape index (κ3) is 3.61. The van der Waals surface area contributed by atoms with Crippen molar-refractivity contribution in [2.24, 2.45) is 0 Å². The average Bonchev–Trinajstić information content (AvgIpc) is 3.39. The summed E-state index contributed by atoms with van der Waals surface area (Å²) in [5.41, 5.74) is 1.49. The van der Waals surface area contributed by atoms with Gasteiger partial charge in [-0.2, -0.15) is 10.2 Å². The van der Waals surface area contributed by atoms with E-state index in [1.165, 1.54) is 7.11 Å². The number of pyridine rings is 1. The summed E-state index contributed by atoms with van der Waals surface area (Å²) in [7, 11) is 1.29. The first-order valence-electron chi connectivity index (χ1n) is 9.62. The van der Waals surface area contributed by atoms with Crippen molar-refractivity contribution in [3.63, 3.8) is 0 Å². The standard InChI is InChI=1S/C21H22N6O3/c1-12(2)18-22-19(25-24-18)16(9-13-7-5-4-6-8-13)27-10-14-17(23-26-20(14)28)15(11-27)21(29)30-3/h4-8,10-12,16H,9H2,1-3H3,(H,26,28)(H,22,24,25). The number of hydrogen-bond acceptors (Lipinski definition) is 6. The number of esters is 1. The van der Waals surface area contributed by atoms with Crippen LogP contribution in [0.25, 0.3) is 11.3 Å². The second-order valence-corrected chi connectivity index (χ2v) is 7.36. The van der Waals surface area contributed by atoms with Gasteiger partial charge in [0.05, 0.1) is 18.7 Å². The molecule has 30 heavy (non-hydrogen) atoms. The number of benzene rings is 1. The van der Waals surface area contributed by atoms with Gasteiger partial charge in [-0.15, -0.1) is 0 Å². The van der Waals surface area contributed by atoms with E-state index in [0.717, 1.165) is 5.56 Å². The van der Waals surface area contributed by atoms with Crippen LogP contribution in [0.5, 0.6) is 0 Å². The molecule has 0 fully saturated rings. The van der Waals surface area contributed by atoms with Gasteiger partial charge >= 0.3 is 5.97 Å². The Kier molecular flexibility index (Phi) is 5.18. The number of aromatic amines is 2. The van der Waals surface area contributed by atoms with Crippen LogP contribution in [-0.4, -0.2) is 43.0 Å². The Morgan fingerprint density at radius 1 is 1.13 bits per heavy atom. The van der Waals surface area contributed by atoms with Crippen molar-refractivity contribution < 1.29 is 9.53 Å². The summed E-state index contributed by atoms with van der Waals surface area (Å²) in [6.07, 6.45) is 3.90. The summed E-state index contributed by atoms with van der Waals surface area (Å²) in [5, 5.41) is 13.7. The molecule has 2 aliphatic rings. The van der Waals surface area contributed by atoms with Gasteiger partial charge in [0.1, 0.15) is 17.1 Å². The Morgan fingerprint density at radius 3 is 2.57 bits per heavy atom. The van der Waals surface area contributed by atoms with Crippen LogP contribution >= 0.6 is 0 Å². The lowest BCUT2D eigenvalue weighted by atomic mass is 10.0. The molecule has 1 atom stereocenters. The molecule has 154 valence electrons. The number of aromatic nitrogens is 6. The van der Waals surface area contributed by atoms with Crippen molar-refractivity contribution in [2.45, 2.75) is 32.2 Å². The zero-order chi connectivity index (χ0) is 21.3. The molecular weight excluding hydrogens is 384 g/mol. The van der Waals surface area contributed by atoms with Crippen molar-refractivity contribution >= 4 is 5.97 Å². The average molecular weight is 406 g/mol. The number of nitrogens with zero attached hydrogens (tertiary/aromatic N) is 4. The minimum atomic E-state index is -0.570. The van der Waals surface area contributed by atoms with Crippen molar-refractivity contribution in [1.82, 2.24) is 29.9 Å². The first kappa shape index (κ1) is 19.6. The van der Waals surface area contributed by atoms with Gasteiger partial charge in [0.15, 0.2) is 5.82 Å². The van der Waals surface area contributed by atoms with Gasteiger partial charge < -0.3 is 9.30 Å². The molecule has 4 rings (SSSR count). The van der Waals surface area contributed by atoms with Crippen LogP contribution in [-0.2, 0) is 11.2 Å². The van der Waals surface area contributed by atoms with Crippen LogP contribution in [0.15, 0.2) is 47.5 Å². The number of methoxy groups -OCH3 is 1. The zero-order valence-electron chi connectivity index (χ0n) is 16.9. The van der Waals surface area contributed by atoms with Crippen molar-refractivity contribution in [3.8, 4) is 11.3 Å². The number of ether oxygens (including phenoxy) is 1. The summed E-state index contributed by atoms with van der Waals surface area (Å²) < 4.78 is 6.70. The monoisotopic (exact) mass is 406 g/mol. The fraction of sp³-hybridized carbons (Fsp3) is 0.286. The lowest BCUT2D eigenvalue weighted by Gasteiger charge is -2.21. The Hall–Kier alpha value is -3.75. The van der Waals surface area contributed by atoms with E-state index in [0.29, 0.717) is 23.6 Å². The number of carbonyl (C=O) groups is 1. The molecule has 0 aliphatic carbocycles. The third-order valence-electron chi connectivity index (χ3n) is 4.97. The maximum atomic E-state index is 12.4. The fourth-order valence-electron chi connectivity index (χ4n) is 3.37. The van der Waals surface area contributed by atoms with E-state index in [1.807, 2.05) is 44.2 Å². The lowest BCUT2D eigenvalue weighted by Crippen LogP contribution is -2.19. The van der Waals surface area contributed by atoms with E-state index in [2.05, 4.69) is 25.4 Å². The number of hydrogen-bond donors (Lipinski definition) is 2. The molecule has 9 nitrogen and oxygen atoms in total. The zero-order valence-corrected chi connectivity index (χ0v) is 16.9. The second-order valence-electron chi connectivity index (χ2n) is 7.36. The number of rotatable bonds is 6. The molecule has 0 amide bonds. The van der Waals surface area contributed by atoms with Crippen LogP contribution in [0.2, 0.25) is 0 Å². The van der Waals surface area contributed by atoms with Crippen LogP contribution in [0.3, 0.4) is 0 Å². The van der Waals surface area contributed by atoms with Gasteiger partial charge in [-0.1, -0.05) is 44.2 Å². The molecule has 0 saturated heterocycles. The molecule has 2 aliphatic heterocycles. The van der Waals surface area contributed by atoms with E-state index in [4.69, 9.17) is 4.74 Å². The van der Waals surface area contributed by atoms with Crippen LogP contribution in [0.1, 0.15) is 53.4 Å². The lowest BCUT2D eigenvalue weighted by molar-refractivity contribution is 0.0600. The van der Waals surface area contributed by atoms with Gasteiger partial charge in [0, 0.05) is 24.7 Å². The van der Waals surface area contributed by atoms with E-state index in [-0.39, 0.29) is 28.8 Å². The summed E-state index contributed by atoms with van der Waals surface area (Å²) in [4.78, 5) is 29.3. The molecule has 1 unspecified atom stereocenters. The first-order chi connectivity index (χ1) is 14.5. The molecular formula is C21H22N6O3. The predicted molar refractivity (Wildman–Crippen MR) is 110 cm³/mol. The van der Waals surface area contributed by atoms with Gasteiger partial charge in [-0.25, -0.2) is 14.9 Å². The van der Waals surface area contributed by atoms with Crippen molar-refractivity contribution in [3.05, 3.63) is 75.9 Å². The van der Waals surface area contributed by atoms with Gasteiger partial charge in [0.25, 0.3) is 5.56 Å². The minimum absolute atomic E-state index is 0.160. The molecule has 2 N–H and O–H groups in total. The highest BCUT2D eigenvalue weighted by Crippen LogP contribution is 2.27. The Balaban J connectivity index is 1.88. The largest absolute Gasteiger partial charge is 0.465 e. The number of H-pyrrole nitrogens is 2. The molecule has 0 bridgehead atoms. The molecule has 1 aromatic carbocycles. The molecule has 1 aromatic heterocycles. The van der Waals surface area contributed by atoms with Crippen LogP contribution in [0.4, 0.5) is 0 Å². The number of carbonyl (C=O) groups excluding carboxylic acids is 1. The van der Waals surface area contributed by atoms with E-state index >= 15 is 0 Å². The number of fused-ring (bicyclic) bond motifs is 1. The van der Waals surface area contributed by atoms with E-state index in [1.54, 1.807) is 17.0 Å². The topological polar surface area (TPSA) is 119 Å². The second kappa shape index (κ2) is 7.94. The van der Waals surface area contributed by atoms with E-state index < -0.39 is 5.97 Å². The SMILES string of the molecule is COC(=O)c1cn(C(Cc2ccccc2)c2nc(C(C)C)n[nH]2)cc2c(=O)[nH]nc1-2. The fourth-order valence-corrected chi connectivity index (χ4v) is 3.37. The predicted octanol–water partition coefficient (Wildman–Crippen LogP) is 2.54. The Morgan fingerprint density at radius 2 is 1.90 bits per heavy atom. The van der Waals surface area contributed by atoms with Crippen molar-refractivity contribution in [2.75, 3.05) is 7.11 Å². The molecule has 2 aromatic rings. The highest BCUT2D eigenvalue weighted by molar-refractivity contribution is 5.95. The number of nitrogens with one attached hydrogen (secondary N) is 2. The summed E-state index contributed by atoms with van der Waals surface area (Å²) in [5.74, 6) is 0.928. The molecule has 9 heteroatoms. The maximum absolute atomic E-state index is 12.4. The maximum Gasteiger partial charge on any atom is 0.341 e. The molecule has 3 heterocycles. The van der Waals surface area contributed by atoms with Crippen LogP contribution in [0, 0.1) is 0 Å². The quantitative estimate of drug-likeness (QED) is 0.475. The van der Waals surface area contributed by atoms with Crippen LogP contribution < -0.4 is 5.56 Å². The smallest absolute Gasteiger partial charge is 0.341 e. The normalized spacial score (nSPS) is 12.4. The van der Waals surface area contributed by atoms with Gasteiger partial charge in [-0.3, -0.25) is 9.89 Å².